The molecule has 0 bridgehead atoms. The van der Waals surface area contributed by atoms with Crippen molar-refractivity contribution in [3.05, 3.63) is 31.6 Å². The number of aryl methyl sites for hydroxylation is 4. The van der Waals surface area contributed by atoms with E-state index in [2.05, 4.69) is 27.7 Å². The third-order valence-electron chi connectivity index (χ3n) is 13.4. The van der Waals surface area contributed by atoms with Gasteiger partial charge in [-0.25, -0.2) is 33.7 Å². The van der Waals surface area contributed by atoms with E-state index in [1.807, 2.05) is 19.1 Å². The number of sulfone groups is 4. The molecule has 0 aliphatic carbocycles. The van der Waals surface area contributed by atoms with Crippen molar-refractivity contribution < 1.29 is 33.7 Å². The molecule has 71 heavy (non-hydrogen) atoms. The minimum absolute atomic E-state index is 0.00969. The molecule has 0 aliphatic rings. The minimum Gasteiger partial charge on any atom is -0.224 e. The molecule has 15 heteroatoms. The van der Waals surface area contributed by atoms with Gasteiger partial charge in [0.15, 0.2) is 39.3 Å². The Morgan fingerprint density at radius 3 is 0.803 bits per heavy atom. The second kappa shape index (κ2) is 36.0. The molecule has 0 amide bonds. The molecule has 0 fully saturated rings. The zero-order valence-corrected chi connectivity index (χ0v) is 51.4. The predicted octanol–water partition coefficient (Wildman–Crippen LogP) is 18.1. The summed E-state index contributed by atoms with van der Waals surface area (Å²) in [4.78, 5) is 4.69. The summed E-state index contributed by atoms with van der Waals surface area (Å²) in [6, 6.07) is 3.90. The molecule has 412 valence electrons. The maximum Gasteiger partial charge on any atom is 0.181 e. The summed E-state index contributed by atoms with van der Waals surface area (Å²) < 4.78 is 107. The van der Waals surface area contributed by atoms with Crippen LogP contribution in [-0.2, 0) is 39.3 Å². The third-order valence-corrected chi connectivity index (χ3v) is 25.2. The SMILES string of the molecule is CCCCCCCCCCS(=O)(=O)c1c(C)sc(-c2ccc(C)s2)c1S(=O)(=O)CCCCCCCCCC.CCCCCCCCCCS(=O)(=O)c1c(C)sc(C)c1S(=O)(=O)CCCCCCCCCC. The first kappa shape index (κ1) is 66.0. The van der Waals surface area contributed by atoms with Crippen molar-refractivity contribution in [1.82, 2.24) is 0 Å². The van der Waals surface area contributed by atoms with E-state index < -0.39 is 39.3 Å². The van der Waals surface area contributed by atoms with E-state index in [9.17, 15) is 33.7 Å². The van der Waals surface area contributed by atoms with E-state index in [0.29, 0.717) is 45.2 Å². The van der Waals surface area contributed by atoms with E-state index in [-0.39, 0.29) is 42.6 Å². The Morgan fingerprint density at radius 1 is 0.296 bits per heavy atom. The van der Waals surface area contributed by atoms with Gasteiger partial charge < -0.3 is 0 Å². The van der Waals surface area contributed by atoms with E-state index in [1.165, 1.54) is 137 Å². The maximum absolute atomic E-state index is 13.7. The minimum atomic E-state index is -3.73. The van der Waals surface area contributed by atoms with Crippen LogP contribution in [0.25, 0.3) is 9.75 Å². The second-order valence-electron chi connectivity index (χ2n) is 20.1. The maximum atomic E-state index is 13.7. The van der Waals surface area contributed by atoms with E-state index in [0.717, 1.165) is 86.8 Å². The van der Waals surface area contributed by atoms with Gasteiger partial charge in [0.2, 0.25) is 0 Å². The van der Waals surface area contributed by atoms with Crippen molar-refractivity contribution in [3.8, 4) is 9.75 Å². The highest BCUT2D eigenvalue weighted by Crippen LogP contribution is 2.45. The van der Waals surface area contributed by atoms with Gasteiger partial charge in [-0.1, -0.05) is 207 Å². The molecular weight excluding hydrogens is 1030 g/mol. The van der Waals surface area contributed by atoms with Gasteiger partial charge in [0.25, 0.3) is 0 Å². The monoisotopic (exact) mass is 1120 g/mol. The molecular formula is C56H98O8S7. The second-order valence-corrected chi connectivity index (χ2v) is 32.2. The van der Waals surface area contributed by atoms with E-state index >= 15 is 0 Å². The lowest BCUT2D eigenvalue weighted by Crippen LogP contribution is -2.15. The Balaban J connectivity index is 0.000000492. The zero-order valence-electron chi connectivity index (χ0n) is 45.7. The van der Waals surface area contributed by atoms with Crippen molar-refractivity contribution in [2.24, 2.45) is 0 Å². The number of rotatable bonds is 41. The summed E-state index contributed by atoms with van der Waals surface area (Å²) in [5.41, 5.74) is 0. The van der Waals surface area contributed by atoms with Crippen LogP contribution in [0.3, 0.4) is 0 Å². The smallest absolute Gasteiger partial charge is 0.181 e. The largest absolute Gasteiger partial charge is 0.224 e. The molecule has 0 aliphatic heterocycles. The van der Waals surface area contributed by atoms with Gasteiger partial charge >= 0.3 is 0 Å². The van der Waals surface area contributed by atoms with Gasteiger partial charge in [0.1, 0.15) is 4.90 Å². The lowest BCUT2D eigenvalue weighted by Gasteiger charge is -2.11. The molecule has 0 N–H and O–H groups in total. The highest BCUT2D eigenvalue weighted by Gasteiger charge is 2.35. The summed E-state index contributed by atoms with van der Waals surface area (Å²) in [7, 11) is -14.6. The van der Waals surface area contributed by atoms with Gasteiger partial charge in [-0.3, -0.25) is 0 Å². The summed E-state index contributed by atoms with van der Waals surface area (Å²) in [5, 5.41) is 0. The standard InChI is InChI=1S/C30H50O4S4.C26H48O4S3/c1-5-7-9-11-13-15-17-19-23-37(31,32)29-26(4)36-28(27-22-21-25(3)35-27)30(29)38(33,34)24-20-18-16-14-12-10-8-6-2;1-5-7-9-11-13-15-17-19-21-32(27,28)25-23(3)31-24(4)26(25)33(29,30)22-20-18-16-14-12-10-8-6-2/h21-22H,5-20,23-24H2,1-4H3;5-22H2,1-4H3. The lowest BCUT2D eigenvalue weighted by atomic mass is 10.1. The van der Waals surface area contributed by atoms with Gasteiger partial charge in [-0.15, -0.1) is 34.0 Å². The first-order valence-electron chi connectivity index (χ1n) is 28.0. The molecule has 3 heterocycles. The van der Waals surface area contributed by atoms with Crippen molar-refractivity contribution in [2.45, 2.75) is 280 Å². The van der Waals surface area contributed by atoms with Crippen LogP contribution < -0.4 is 0 Å². The van der Waals surface area contributed by atoms with Crippen molar-refractivity contribution >= 4 is 73.4 Å². The van der Waals surface area contributed by atoms with Crippen LogP contribution in [0.5, 0.6) is 0 Å². The lowest BCUT2D eigenvalue weighted by molar-refractivity contribution is 0.565. The fourth-order valence-electron chi connectivity index (χ4n) is 9.34. The number of hydrogen-bond donors (Lipinski definition) is 0. The van der Waals surface area contributed by atoms with Crippen molar-refractivity contribution in [1.29, 1.82) is 0 Å². The van der Waals surface area contributed by atoms with Crippen LogP contribution in [-0.4, -0.2) is 56.7 Å². The van der Waals surface area contributed by atoms with Crippen LogP contribution in [0.2, 0.25) is 0 Å². The quantitative estimate of drug-likeness (QED) is 0.0512. The first-order chi connectivity index (χ1) is 33.8. The highest BCUT2D eigenvalue weighted by molar-refractivity contribution is 7.95. The Morgan fingerprint density at radius 2 is 0.535 bits per heavy atom. The molecule has 3 rings (SSSR count). The zero-order chi connectivity index (χ0) is 52.8. The number of hydrogen-bond acceptors (Lipinski definition) is 11. The van der Waals surface area contributed by atoms with Crippen LogP contribution in [0.4, 0.5) is 0 Å². The molecule has 0 aromatic carbocycles. The summed E-state index contributed by atoms with van der Waals surface area (Å²) in [6.07, 6.45) is 34.3. The molecule has 0 atom stereocenters. The third kappa shape index (κ3) is 24.6. The average molecular weight is 1120 g/mol. The fourth-order valence-corrected chi connectivity index (χ4v) is 22.5. The molecule has 0 radical (unpaired) electrons. The summed E-state index contributed by atoms with van der Waals surface area (Å²) in [5.74, 6) is 0.108. The predicted molar refractivity (Wildman–Crippen MR) is 310 cm³/mol. The van der Waals surface area contributed by atoms with Crippen LogP contribution in [0.1, 0.15) is 253 Å². The van der Waals surface area contributed by atoms with E-state index in [4.69, 9.17) is 0 Å². The van der Waals surface area contributed by atoms with Crippen molar-refractivity contribution in [2.75, 3.05) is 23.0 Å². The summed E-state index contributed by atoms with van der Waals surface area (Å²) >= 11 is 4.15. The highest BCUT2D eigenvalue weighted by atomic mass is 32.2. The van der Waals surface area contributed by atoms with Gasteiger partial charge in [0, 0.05) is 24.4 Å². The fraction of sp³-hybridized carbons (Fsp3) is 0.786. The Labute approximate surface area is 448 Å². The van der Waals surface area contributed by atoms with Crippen LogP contribution >= 0.6 is 34.0 Å². The Bertz CT molecular complexity index is 2280. The first-order valence-corrected chi connectivity index (χ1v) is 37.1. The number of thiophene rings is 3. The molecule has 0 spiro atoms. The summed E-state index contributed by atoms with van der Waals surface area (Å²) in [6.45, 7) is 16.0. The van der Waals surface area contributed by atoms with Gasteiger partial charge in [-0.05, 0) is 65.5 Å². The average Bonchev–Trinajstić information content (AvgIpc) is 4.01. The van der Waals surface area contributed by atoms with E-state index in [1.54, 1.807) is 20.8 Å². The Kier molecular flexibility index (Phi) is 33.5. The van der Waals surface area contributed by atoms with Gasteiger partial charge in [0.05, 0.1) is 42.6 Å². The molecule has 0 saturated carbocycles. The topological polar surface area (TPSA) is 137 Å². The van der Waals surface area contributed by atoms with Crippen LogP contribution in [0, 0.1) is 27.7 Å². The molecule has 3 aromatic heterocycles. The Hall–Kier alpha value is -1.10. The number of unbranched alkanes of at least 4 members (excludes halogenated alkanes) is 28. The molecule has 8 nitrogen and oxygen atoms in total. The van der Waals surface area contributed by atoms with Gasteiger partial charge in [-0.2, -0.15) is 0 Å². The van der Waals surface area contributed by atoms with Crippen LogP contribution in [0.15, 0.2) is 31.7 Å². The molecule has 0 unspecified atom stereocenters. The molecule has 0 saturated heterocycles. The van der Waals surface area contributed by atoms with Crippen molar-refractivity contribution in [3.63, 3.8) is 0 Å². The molecule has 3 aromatic rings. The normalized spacial score (nSPS) is 12.5.